The molecule has 3 nitrogen and oxygen atoms in total. The smallest absolute Gasteiger partial charge is 0.120 e. The number of rotatable bonds is 3. The third kappa shape index (κ3) is 2.79. The van der Waals surface area contributed by atoms with E-state index in [-0.39, 0.29) is 0 Å². The fourth-order valence-corrected chi connectivity index (χ4v) is 4.57. The molecule has 0 N–H and O–H groups in total. The number of methoxy groups -OCH3 is 1. The molecular weight excluding hydrogens is 332 g/mol. The van der Waals surface area contributed by atoms with Crippen molar-refractivity contribution in [2.75, 3.05) is 38.2 Å². The Kier molecular flexibility index (Phi) is 4.10. The first-order valence-corrected chi connectivity index (χ1v) is 9.66. The molecule has 1 aliphatic carbocycles. The van der Waals surface area contributed by atoms with Gasteiger partial charge in [0.05, 0.1) is 13.2 Å². The average Bonchev–Trinajstić information content (AvgIpc) is 3.08. The number of ether oxygens (including phenoxy) is 1. The predicted octanol–water partition coefficient (Wildman–Crippen LogP) is 4.59. The summed E-state index contributed by atoms with van der Waals surface area (Å²) in [5.41, 5.74) is 6.95. The summed E-state index contributed by atoms with van der Waals surface area (Å²) in [6.45, 7) is 4.19. The van der Waals surface area contributed by atoms with E-state index in [1.54, 1.807) is 7.11 Å². The van der Waals surface area contributed by atoms with Crippen molar-refractivity contribution < 1.29 is 4.74 Å². The third-order valence-electron chi connectivity index (χ3n) is 5.90. The van der Waals surface area contributed by atoms with Crippen LogP contribution in [0.15, 0.2) is 72.8 Å². The standard InChI is InChI=1S/C24H24N2O/c1-27-19-8-6-7-18(17-19)25-13-15-26(16-14-25)24-22-11-4-2-9-20(22)21-10-3-5-12-23(21)24/h2-12,17,24H,13-16H2,1H3. The summed E-state index contributed by atoms with van der Waals surface area (Å²) in [5, 5.41) is 0. The van der Waals surface area contributed by atoms with E-state index < -0.39 is 0 Å². The maximum atomic E-state index is 5.39. The number of hydrogen-bond donors (Lipinski definition) is 0. The lowest BCUT2D eigenvalue weighted by atomic mass is 10.0. The second-order valence-electron chi connectivity index (χ2n) is 7.30. The zero-order valence-corrected chi connectivity index (χ0v) is 15.6. The van der Waals surface area contributed by atoms with E-state index in [1.807, 2.05) is 6.07 Å². The molecule has 3 aromatic rings. The molecule has 1 saturated heterocycles. The molecule has 0 amide bonds. The Morgan fingerprint density at radius 1 is 0.741 bits per heavy atom. The van der Waals surface area contributed by atoms with E-state index in [9.17, 15) is 0 Å². The number of anilines is 1. The minimum Gasteiger partial charge on any atom is -0.497 e. The van der Waals surface area contributed by atoms with Crippen LogP contribution in [0.2, 0.25) is 0 Å². The lowest BCUT2D eigenvalue weighted by Gasteiger charge is -2.39. The Balaban J connectivity index is 1.40. The van der Waals surface area contributed by atoms with E-state index in [0.717, 1.165) is 31.9 Å². The fourth-order valence-electron chi connectivity index (χ4n) is 4.57. The van der Waals surface area contributed by atoms with Crippen LogP contribution in [-0.4, -0.2) is 38.2 Å². The summed E-state index contributed by atoms with van der Waals surface area (Å²) in [4.78, 5) is 5.10. The Morgan fingerprint density at radius 3 is 2.00 bits per heavy atom. The molecule has 0 radical (unpaired) electrons. The van der Waals surface area contributed by atoms with Crippen LogP contribution < -0.4 is 9.64 Å². The number of benzene rings is 3. The first kappa shape index (κ1) is 16.4. The van der Waals surface area contributed by atoms with E-state index in [2.05, 4.69) is 76.5 Å². The first-order chi connectivity index (χ1) is 13.3. The van der Waals surface area contributed by atoms with Gasteiger partial charge in [-0.25, -0.2) is 0 Å². The number of piperazine rings is 1. The minimum absolute atomic E-state index is 0.379. The van der Waals surface area contributed by atoms with Gasteiger partial charge in [-0.2, -0.15) is 0 Å². The molecule has 0 saturated carbocycles. The monoisotopic (exact) mass is 356 g/mol. The van der Waals surface area contributed by atoms with Crippen LogP contribution >= 0.6 is 0 Å². The van der Waals surface area contributed by atoms with Crippen molar-refractivity contribution in [3.8, 4) is 16.9 Å². The SMILES string of the molecule is COc1cccc(N2CCN(C3c4ccccc4-c4ccccc43)CC2)c1. The van der Waals surface area contributed by atoms with Crippen LogP contribution in [0.25, 0.3) is 11.1 Å². The van der Waals surface area contributed by atoms with Crippen LogP contribution in [0.3, 0.4) is 0 Å². The van der Waals surface area contributed by atoms with Crippen molar-refractivity contribution >= 4 is 5.69 Å². The average molecular weight is 356 g/mol. The Hall–Kier alpha value is -2.78. The van der Waals surface area contributed by atoms with Crippen LogP contribution in [0.1, 0.15) is 17.2 Å². The molecule has 27 heavy (non-hydrogen) atoms. The van der Waals surface area contributed by atoms with Crippen molar-refractivity contribution in [1.29, 1.82) is 0 Å². The second kappa shape index (κ2) is 6.75. The van der Waals surface area contributed by atoms with Gasteiger partial charge in [-0.15, -0.1) is 0 Å². The largest absolute Gasteiger partial charge is 0.497 e. The third-order valence-corrected chi connectivity index (χ3v) is 5.90. The number of fused-ring (bicyclic) bond motifs is 3. The lowest BCUT2D eigenvalue weighted by molar-refractivity contribution is 0.215. The highest BCUT2D eigenvalue weighted by molar-refractivity contribution is 5.78. The molecule has 0 unspecified atom stereocenters. The predicted molar refractivity (Wildman–Crippen MR) is 111 cm³/mol. The Bertz CT molecular complexity index is 914. The summed E-state index contributed by atoms with van der Waals surface area (Å²) in [6.07, 6.45) is 0. The summed E-state index contributed by atoms with van der Waals surface area (Å²) >= 11 is 0. The Labute approximate surface area is 160 Å². The molecule has 1 fully saturated rings. The van der Waals surface area contributed by atoms with Crippen LogP contribution in [-0.2, 0) is 0 Å². The van der Waals surface area contributed by atoms with Crippen molar-refractivity contribution in [3.63, 3.8) is 0 Å². The lowest BCUT2D eigenvalue weighted by Crippen LogP contribution is -2.47. The van der Waals surface area contributed by atoms with E-state index in [1.165, 1.54) is 27.9 Å². The Morgan fingerprint density at radius 2 is 1.37 bits per heavy atom. The quantitative estimate of drug-likeness (QED) is 0.683. The second-order valence-corrected chi connectivity index (χ2v) is 7.30. The van der Waals surface area contributed by atoms with Crippen molar-refractivity contribution in [2.45, 2.75) is 6.04 Å². The van der Waals surface area contributed by atoms with E-state index >= 15 is 0 Å². The summed E-state index contributed by atoms with van der Waals surface area (Å²) in [5.74, 6) is 0.925. The van der Waals surface area contributed by atoms with Gasteiger partial charge in [0.15, 0.2) is 0 Å². The van der Waals surface area contributed by atoms with Crippen molar-refractivity contribution in [1.82, 2.24) is 4.90 Å². The molecule has 0 atom stereocenters. The molecule has 1 aliphatic heterocycles. The van der Waals surface area contributed by atoms with Crippen LogP contribution in [0.5, 0.6) is 5.75 Å². The van der Waals surface area contributed by atoms with Gasteiger partial charge in [-0.1, -0.05) is 54.6 Å². The summed E-state index contributed by atoms with van der Waals surface area (Å²) < 4.78 is 5.39. The molecule has 0 bridgehead atoms. The first-order valence-electron chi connectivity index (χ1n) is 9.66. The van der Waals surface area contributed by atoms with E-state index in [0.29, 0.717) is 6.04 Å². The van der Waals surface area contributed by atoms with Gasteiger partial charge in [0.1, 0.15) is 5.75 Å². The highest BCUT2D eigenvalue weighted by Gasteiger charge is 2.34. The molecule has 3 heteroatoms. The van der Waals surface area contributed by atoms with Gasteiger partial charge in [0.2, 0.25) is 0 Å². The number of nitrogens with zero attached hydrogens (tertiary/aromatic N) is 2. The maximum Gasteiger partial charge on any atom is 0.120 e. The molecule has 0 spiro atoms. The fraction of sp³-hybridized carbons (Fsp3) is 0.250. The molecule has 136 valence electrons. The molecule has 3 aromatic carbocycles. The normalized spacial score (nSPS) is 16.9. The van der Waals surface area contributed by atoms with Crippen molar-refractivity contribution in [2.24, 2.45) is 0 Å². The molecule has 2 aliphatic rings. The van der Waals surface area contributed by atoms with Gasteiger partial charge in [0.25, 0.3) is 0 Å². The van der Waals surface area contributed by atoms with Gasteiger partial charge >= 0.3 is 0 Å². The highest BCUT2D eigenvalue weighted by Crippen LogP contribution is 2.46. The molecule has 0 aromatic heterocycles. The summed E-state index contributed by atoms with van der Waals surface area (Å²) in [7, 11) is 1.73. The van der Waals surface area contributed by atoms with Crippen LogP contribution in [0, 0.1) is 0 Å². The van der Waals surface area contributed by atoms with Crippen LogP contribution in [0.4, 0.5) is 5.69 Å². The molecular formula is C24H24N2O. The zero-order chi connectivity index (χ0) is 18.2. The van der Waals surface area contributed by atoms with E-state index in [4.69, 9.17) is 4.74 Å². The number of hydrogen-bond acceptors (Lipinski definition) is 3. The van der Waals surface area contributed by atoms with Gasteiger partial charge in [-0.3, -0.25) is 4.90 Å². The minimum atomic E-state index is 0.379. The molecule has 5 rings (SSSR count). The van der Waals surface area contributed by atoms with Gasteiger partial charge in [0, 0.05) is 37.9 Å². The topological polar surface area (TPSA) is 15.7 Å². The summed E-state index contributed by atoms with van der Waals surface area (Å²) in [6, 6.07) is 26.5. The zero-order valence-electron chi connectivity index (χ0n) is 15.6. The van der Waals surface area contributed by atoms with Gasteiger partial charge in [-0.05, 0) is 34.4 Å². The van der Waals surface area contributed by atoms with Gasteiger partial charge < -0.3 is 9.64 Å². The van der Waals surface area contributed by atoms with Crippen molar-refractivity contribution in [3.05, 3.63) is 83.9 Å². The maximum absolute atomic E-state index is 5.39. The highest BCUT2D eigenvalue weighted by atomic mass is 16.5. The molecule has 1 heterocycles.